The number of anilines is 1. The van der Waals surface area contributed by atoms with Crippen molar-refractivity contribution in [1.29, 1.82) is 0 Å². The molecule has 1 aromatic rings. The zero-order valence-corrected chi connectivity index (χ0v) is 8.76. The molecule has 1 aromatic carbocycles. The van der Waals surface area contributed by atoms with Crippen molar-refractivity contribution >= 4 is 18.1 Å². The molecular formula is C11H16N2. The van der Waals surface area contributed by atoms with Gasteiger partial charge in [0.2, 0.25) is 0 Å². The van der Waals surface area contributed by atoms with Crippen LogP contribution in [-0.4, -0.2) is 20.8 Å². The molecule has 0 aliphatic heterocycles. The molecule has 0 amide bonds. The molecular weight excluding hydrogens is 160 g/mol. The summed E-state index contributed by atoms with van der Waals surface area (Å²) in [5.74, 6) is 0. The van der Waals surface area contributed by atoms with Gasteiger partial charge in [-0.1, -0.05) is 0 Å². The van der Waals surface area contributed by atoms with Crippen molar-refractivity contribution in [2.24, 2.45) is 4.99 Å². The summed E-state index contributed by atoms with van der Waals surface area (Å²) >= 11 is 0. The monoisotopic (exact) mass is 176 g/mol. The van der Waals surface area contributed by atoms with Crippen LogP contribution in [0.1, 0.15) is 11.1 Å². The molecule has 0 spiro atoms. The number of aryl methyl sites for hydroxylation is 2. The standard InChI is InChI=1S/C11H16N2/c1-8-7-11(13(4)5)9(2)6-10(8)12-3/h6-7H,3H2,1-2,4-5H3. The van der Waals surface area contributed by atoms with Crippen LogP contribution in [0.2, 0.25) is 0 Å². The lowest BCUT2D eigenvalue weighted by Gasteiger charge is -2.17. The summed E-state index contributed by atoms with van der Waals surface area (Å²) in [5.41, 5.74) is 4.62. The smallest absolute Gasteiger partial charge is 0.0655 e. The summed E-state index contributed by atoms with van der Waals surface area (Å²) in [5, 5.41) is 0. The van der Waals surface area contributed by atoms with Crippen molar-refractivity contribution in [3.63, 3.8) is 0 Å². The maximum absolute atomic E-state index is 3.96. The Hall–Kier alpha value is -1.31. The van der Waals surface area contributed by atoms with Crippen LogP contribution in [0.25, 0.3) is 0 Å². The van der Waals surface area contributed by atoms with Crippen LogP contribution in [0, 0.1) is 13.8 Å². The molecule has 1 rings (SSSR count). The van der Waals surface area contributed by atoms with Crippen LogP contribution in [0.5, 0.6) is 0 Å². The highest BCUT2D eigenvalue weighted by atomic mass is 15.1. The van der Waals surface area contributed by atoms with E-state index in [1.165, 1.54) is 16.8 Å². The van der Waals surface area contributed by atoms with Crippen molar-refractivity contribution < 1.29 is 0 Å². The molecule has 0 aromatic heterocycles. The second kappa shape index (κ2) is 3.60. The number of rotatable bonds is 2. The Kier molecular flexibility index (Phi) is 2.71. The van der Waals surface area contributed by atoms with E-state index in [4.69, 9.17) is 0 Å². The van der Waals surface area contributed by atoms with Gasteiger partial charge >= 0.3 is 0 Å². The van der Waals surface area contributed by atoms with Gasteiger partial charge in [0.1, 0.15) is 0 Å². The maximum Gasteiger partial charge on any atom is 0.0655 e. The van der Waals surface area contributed by atoms with E-state index in [9.17, 15) is 0 Å². The number of hydrogen-bond acceptors (Lipinski definition) is 2. The highest BCUT2D eigenvalue weighted by Crippen LogP contribution is 2.27. The zero-order chi connectivity index (χ0) is 10.0. The molecule has 0 saturated heterocycles. The van der Waals surface area contributed by atoms with Crippen LogP contribution in [0.3, 0.4) is 0 Å². The van der Waals surface area contributed by atoms with Crippen LogP contribution >= 0.6 is 0 Å². The predicted octanol–water partition coefficient (Wildman–Crippen LogP) is 2.70. The van der Waals surface area contributed by atoms with Gasteiger partial charge in [-0.3, -0.25) is 4.99 Å². The SMILES string of the molecule is C=Nc1cc(C)c(N(C)C)cc1C. The summed E-state index contributed by atoms with van der Waals surface area (Å²) < 4.78 is 0. The summed E-state index contributed by atoms with van der Waals surface area (Å²) in [6, 6.07) is 4.21. The summed E-state index contributed by atoms with van der Waals surface area (Å²) in [6.45, 7) is 7.68. The minimum Gasteiger partial charge on any atom is -0.377 e. The van der Waals surface area contributed by atoms with Crippen LogP contribution in [0.15, 0.2) is 17.1 Å². The molecule has 0 aliphatic rings. The van der Waals surface area contributed by atoms with Crippen molar-refractivity contribution in [2.45, 2.75) is 13.8 Å². The molecule has 0 unspecified atom stereocenters. The van der Waals surface area contributed by atoms with Crippen LogP contribution in [-0.2, 0) is 0 Å². The molecule has 0 saturated carbocycles. The Labute approximate surface area is 79.9 Å². The predicted molar refractivity (Wildman–Crippen MR) is 59.5 cm³/mol. The van der Waals surface area contributed by atoms with Crippen LogP contribution < -0.4 is 4.90 Å². The molecule has 2 heteroatoms. The van der Waals surface area contributed by atoms with Crippen molar-refractivity contribution in [1.82, 2.24) is 0 Å². The molecule has 70 valence electrons. The topological polar surface area (TPSA) is 15.6 Å². The Morgan fingerprint density at radius 3 is 2.23 bits per heavy atom. The van der Waals surface area contributed by atoms with E-state index in [2.05, 4.69) is 42.6 Å². The fraction of sp³-hybridized carbons (Fsp3) is 0.364. The van der Waals surface area contributed by atoms with Gasteiger partial charge in [0.25, 0.3) is 0 Å². The Morgan fingerprint density at radius 1 is 1.15 bits per heavy atom. The zero-order valence-electron chi connectivity index (χ0n) is 8.76. The van der Waals surface area contributed by atoms with E-state index in [0.717, 1.165) is 5.69 Å². The normalized spacial score (nSPS) is 9.85. The van der Waals surface area contributed by atoms with E-state index in [1.54, 1.807) is 0 Å². The molecule has 0 aliphatic carbocycles. The Bertz CT molecular complexity index is 327. The fourth-order valence-corrected chi connectivity index (χ4v) is 1.44. The molecule has 0 bridgehead atoms. The third kappa shape index (κ3) is 1.89. The first-order valence-electron chi connectivity index (χ1n) is 4.31. The van der Waals surface area contributed by atoms with Gasteiger partial charge in [-0.25, -0.2) is 0 Å². The molecule has 0 heterocycles. The van der Waals surface area contributed by atoms with E-state index in [0.29, 0.717) is 0 Å². The summed E-state index contributed by atoms with van der Waals surface area (Å²) in [7, 11) is 4.09. The van der Waals surface area contributed by atoms with Gasteiger partial charge in [-0.15, -0.1) is 0 Å². The average molecular weight is 176 g/mol. The fourth-order valence-electron chi connectivity index (χ4n) is 1.44. The second-order valence-electron chi connectivity index (χ2n) is 3.48. The summed E-state index contributed by atoms with van der Waals surface area (Å²) in [4.78, 5) is 6.07. The highest BCUT2D eigenvalue weighted by Gasteiger charge is 2.04. The minimum atomic E-state index is 0.975. The Morgan fingerprint density at radius 2 is 1.77 bits per heavy atom. The lowest BCUT2D eigenvalue weighted by atomic mass is 10.1. The first-order chi connectivity index (χ1) is 6.06. The lowest BCUT2D eigenvalue weighted by molar-refractivity contribution is 1.11. The van der Waals surface area contributed by atoms with E-state index in [-0.39, 0.29) is 0 Å². The molecule has 0 radical (unpaired) electrons. The number of nitrogens with zero attached hydrogens (tertiary/aromatic N) is 2. The first-order valence-corrected chi connectivity index (χ1v) is 4.31. The van der Waals surface area contributed by atoms with Crippen molar-refractivity contribution in [3.8, 4) is 0 Å². The van der Waals surface area contributed by atoms with E-state index < -0.39 is 0 Å². The highest BCUT2D eigenvalue weighted by molar-refractivity contribution is 5.63. The largest absolute Gasteiger partial charge is 0.377 e. The molecule has 0 atom stereocenters. The van der Waals surface area contributed by atoms with Crippen LogP contribution in [0.4, 0.5) is 11.4 Å². The average Bonchev–Trinajstić information content (AvgIpc) is 2.07. The van der Waals surface area contributed by atoms with Crippen molar-refractivity contribution in [3.05, 3.63) is 23.3 Å². The van der Waals surface area contributed by atoms with Gasteiger partial charge in [0, 0.05) is 19.8 Å². The summed E-state index contributed by atoms with van der Waals surface area (Å²) in [6.07, 6.45) is 0. The van der Waals surface area contributed by atoms with Crippen molar-refractivity contribution in [2.75, 3.05) is 19.0 Å². The third-order valence-electron chi connectivity index (χ3n) is 2.17. The maximum atomic E-state index is 3.96. The van der Waals surface area contributed by atoms with Gasteiger partial charge < -0.3 is 4.90 Å². The molecule has 0 fully saturated rings. The first kappa shape index (κ1) is 9.78. The molecule has 2 nitrogen and oxygen atoms in total. The molecule has 0 N–H and O–H groups in total. The minimum absolute atomic E-state index is 0.975. The lowest BCUT2D eigenvalue weighted by Crippen LogP contribution is -2.10. The third-order valence-corrected chi connectivity index (χ3v) is 2.17. The van der Waals surface area contributed by atoms with Gasteiger partial charge in [-0.2, -0.15) is 0 Å². The quantitative estimate of drug-likeness (QED) is 0.632. The van der Waals surface area contributed by atoms with Gasteiger partial charge in [0.05, 0.1) is 5.69 Å². The number of benzene rings is 1. The Balaban J connectivity index is 3.28. The number of hydrogen-bond donors (Lipinski definition) is 0. The second-order valence-corrected chi connectivity index (χ2v) is 3.48. The molecule has 13 heavy (non-hydrogen) atoms. The van der Waals surface area contributed by atoms with Gasteiger partial charge in [-0.05, 0) is 43.8 Å². The number of aliphatic imine (C=N–C) groups is 1. The van der Waals surface area contributed by atoms with E-state index >= 15 is 0 Å². The van der Waals surface area contributed by atoms with Gasteiger partial charge in [0.15, 0.2) is 0 Å². The van der Waals surface area contributed by atoms with E-state index in [1.807, 2.05) is 14.1 Å².